The van der Waals surface area contributed by atoms with Gasteiger partial charge in [-0.15, -0.1) is 0 Å². The van der Waals surface area contributed by atoms with E-state index >= 15 is 0 Å². The lowest BCUT2D eigenvalue weighted by Gasteiger charge is -2.36. The van der Waals surface area contributed by atoms with Crippen LogP contribution in [0, 0.1) is 0 Å². The second-order valence-electron chi connectivity index (χ2n) is 4.16. The molecule has 1 N–H and O–H groups in total. The van der Waals surface area contributed by atoms with E-state index in [1.54, 1.807) is 0 Å². The van der Waals surface area contributed by atoms with E-state index in [1.165, 1.54) is 6.08 Å². The van der Waals surface area contributed by atoms with Gasteiger partial charge < -0.3 is 10.2 Å². The Hall–Kier alpha value is -0.840. The van der Waals surface area contributed by atoms with Crippen molar-refractivity contribution in [1.82, 2.24) is 10.2 Å². The quantitative estimate of drug-likeness (QED) is 0.846. The summed E-state index contributed by atoms with van der Waals surface area (Å²) < 4.78 is 0.918. The average molecular weight is 330 g/mol. The van der Waals surface area contributed by atoms with E-state index in [1.807, 2.05) is 23.1 Å². The molecule has 1 atom stereocenters. The van der Waals surface area contributed by atoms with Crippen molar-refractivity contribution < 1.29 is 4.79 Å². The summed E-state index contributed by atoms with van der Waals surface area (Å²) in [7, 11) is 0. The van der Waals surface area contributed by atoms with Gasteiger partial charge >= 0.3 is 0 Å². The van der Waals surface area contributed by atoms with Crippen molar-refractivity contribution in [2.24, 2.45) is 0 Å². The minimum Gasteiger partial charge on any atom is -0.330 e. The molecule has 96 valence electrons. The van der Waals surface area contributed by atoms with Crippen molar-refractivity contribution in [1.29, 1.82) is 0 Å². The van der Waals surface area contributed by atoms with Crippen molar-refractivity contribution >= 4 is 33.4 Å². The van der Waals surface area contributed by atoms with Gasteiger partial charge in [-0.2, -0.15) is 0 Å². The molecule has 1 aromatic rings. The molecule has 1 aromatic carbocycles. The Balaban J connectivity index is 2.33. The Morgan fingerprint density at radius 1 is 1.56 bits per heavy atom. The Morgan fingerprint density at radius 2 is 2.33 bits per heavy atom. The van der Waals surface area contributed by atoms with Crippen LogP contribution in [0.3, 0.4) is 0 Å². The van der Waals surface area contributed by atoms with E-state index in [-0.39, 0.29) is 11.9 Å². The lowest BCUT2D eigenvalue weighted by atomic mass is 10.0. The topological polar surface area (TPSA) is 32.3 Å². The number of amides is 1. The van der Waals surface area contributed by atoms with E-state index in [9.17, 15) is 4.79 Å². The lowest BCUT2D eigenvalue weighted by molar-refractivity contribution is -0.129. The smallest absolute Gasteiger partial charge is 0.246 e. The van der Waals surface area contributed by atoms with Gasteiger partial charge in [0.05, 0.1) is 6.04 Å². The number of halogens is 2. The van der Waals surface area contributed by atoms with E-state index < -0.39 is 0 Å². The highest BCUT2D eigenvalue weighted by molar-refractivity contribution is 9.10. The highest BCUT2D eigenvalue weighted by Crippen LogP contribution is 2.28. The summed E-state index contributed by atoms with van der Waals surface area (Å²) in [5.41, 5.74) is 1.02. The van der Waals surface area contributed by atoms with Crippen LogP contribution in [0.1, 0.15) is 11.6 Å². The zero-order valence-corrected chi connectivity index (χ0v) is 12.2. The summed E-state index contributed by atoms with van der Waals surface area (Å²) in [4.78, 5) is 13.7. The Bertz CT molecular complexity index is 458. The molecule has 1 fully saturated rings. The van der Waals surface area contributed by atoms with Crippen LogP contribution in [0.4, 0.5) is 0 Å². The fourth-order valence-electron chi connectivity index (χ4n) is 2.15. The second kappa shape index (κ2) is 5.87. The summed E-state index contributed by atoms with van der Waals surface area (Å²) in [5, 5.41) is 3.96. The van der Waals surface area contributed by atoms with Crippen molar-refractivity contribution in [3.63, 3.8) is 0 Å². The minimum absolute atomic E-state index is 0.000694. The summed E-state index contributed by atoms with van der Waals surface area (Å²) in [6.45, 7) is 5.76. The molecule has 0 aromatic heterocycles. The molecule has 0 unspecified atom stereocenters. The molecule has 1 aliphatic rings. The first-order valence-corrected chi connectivity index (χ1v) is 6.88. The van der Waals surface area contributed by atoms with E-state index in [0.29, 0.717) is 11.6 Å². The van der Waals surface area contributed by atoms with E-state index in [2.05, 4.69) is 27.8 Å². The molecule has 0 radical (unpaired) electrons. The van der Waals surface area contributed by atoms with Gasteiger partial charge in [0, 0.05) is 29.1 Å². The van der Waals surface area contributed by atoms with Crippen LogP contribution in [0.2, 0.25) is 5.02 Å². The maximum absolute atomic E-state index is 11.9. The van der Waals surface area contributed by atoms with Crippen LogP contribution >= 0.6 is 27.5 Å². The van der Waals surface area contributed by atoms with Gasteiger partial charge in [-0.1, -0.05) is 34.1 Å². The van der Waals surface area contributed by atoms with Crippen LogP contribution in [0.5, 0.6) is 0 Å². The number of nitrogens with zero attached hydrogens (tertiary/aromatic N) is 1. The van der Waals surface area contributed by atoms with Gasteiger partial charge in [-0.3, -0.25) is 4.79 Å². The SMILES string of the molecule is C=CC(=O)N1CCNC[C@H]1c1cc(Cl)cc(Br)c1. The number of carbonyl (C=O) groups is 1. The summed E-state index contributed by atoms with van der Waals surface area (Å²) >= 11 is 9.48. The maximum atomic E-state index is 11.9. The summed E-state index contributed by atoms with van der Waals surface area (Å²) in [6, 6.07) is 5.72. The molecule has 0 saturated carbocycles. The molecular formula is C13H14BrClN2O. The molecule has 5 heteroatoms. The molecule has 2 rings (SSSR count). The molecule has 3 nitrogen and oxygen atoms in total. The molecule has 18 heavy (non-hydrogen) atoms. The fourth-order valence-corrected chi connectivity index (χ4v) is 3.04. The number of hydrogen-bond donors (Lipinski definition) is 1. The normalized spacial score (nSPS) is 19.7. The number of carbonyl (C=O) groups excluding carboxylic acids is 1. The third-order valence-electron chi connectivity index (χ3n) is 2.97. The highest BCUT2D eigenvalue weighted by atomic mass is 79.9. The van der Waals surface area contributed by atoms with Gasteiger partial charge in [0.2, 0.25) is 5.91 Å². The average Bonchev–Trinajstić information content (AvgIpc) is 2.36. The van der Waals surface area contributed by atoms with Gasteiger partial charge in [0.15, 0.2) is 0 Å². The predicted molar refractivity (Wildman–Crippen MR) is 76.7 cm³/mol. The molecule has 1 heterocycles. The molecule has 1 saturated heterocycles. The first-order chi connectivity index (χ1) is 8.61. The standard InChI is InChI=1S/C13H14BrClN2O/c1-2-13(18)17-4-3-16-8-12(17)9-5-10(14)7-11(15)6-9/h2,5-7,12,16H,1,3-4,8H2/t12-/m0/s1. The number of hydrogen-bond acceptors (Lipinski definition) is 2. The molecule has 0 bridgehead atoms. The first kappa shape index (κ1) is 13.6. The van der Waals surface area contributed by atoms with Gasteiger partial charge in [0.25, 0.3) is 0 Å². The van der Waals surface area contributed by atoms with Gasteiger partial charge in [0.1, 0.15) is 0 Å². The molecule has 0 spiro atoms. The van der Waals surface area contributed by atoms with Crippen molar-refractivity contribution in [2.75, 3.05) is 19.6 Å². The second-order valence-corrected chi connectivity index (χ2v) is 5.51. The van der Waals surface area contributed by atoms with E-state index in [0.717, 1.165) is 23.1 Å². The van der Waals surface area contributed by atoms with Crippen LogP contribution in [-0.2, 0) is 4.79 Å². The number of nitrogens with one attached hydrogen (secondary N) is 1. The molecule has 1 amide bonds. The van der Waals surface area contributed by atoms with Crippen molar-refractivity contribution in [3.05, 3.63) is 45.9 Å². The third-order valence-corrected chi connectivity index (χ3v) is 3.65. The summed E-state index contributed by atoms with van der Waals surface area (Å²) in [6.07, 6.45) is 1.36. The van der Waals surface area contributed by atoms with Crippen LogP contribution in [0.25, 0.3) is 0 Å². The maximum Gasteiger partial charge on any atom is 0.246 e. The minimum atomic E-state index is -0.0439. The van der Waals surface area contributed by atoms with Gasteiger partial charge in [-0.05, 0) is 29.8 Å². The van der Waals surface area contributed by atoms with Crippen LogP contribution in [0.15, 0.2) is 35.3 Å². The van der Waals surface area contributed by atoms with Crippen LogP contribution in [-0.4, -0.2) is 30.4 Å². The largest absolute Gasteiger partial charge is 0.330 e. The zero-order chi connectivity index (χ0) is 13.1. The number of piperazine rings is 1. The predicted octanol–water partition coefficient (Wildman–Crippen LogP) is 2.76. The third kappa shape index (κ3) is 2.94. The first-order valence-electron chi connectivity index (χ1n) is 5.71. The summed E-state index contributed by atoms with van der Waals surface area (Å²) in [5.74, 6) is -0.0439. The fraction of sp³-hybridized carbons (Fsp3) is 0.308. The van der Waals surface area contributed by atoms with Gasteiger partial charge in [-0.25, -0.2) is 0 Å². The Labute approximate surface area is 120 Å². The Kier molecular flexibility index (Phi) is 4.43. The number of rotatable bonds is 2. The van der Waals surface area contributed by atoms with Crippen LogP contribution < -0.4 is 5.32 Å². The lowest BCUT2D eigenvalue weighted by Crippen LogP contribution is -2.48. The van der Waals surface area contributed by atoms with Crippen molar-refractivity contribution in [3.8, 4) is 0 Å². The Morgan fingerprint density at radius 3 is 3.00 bits per heavy atom. The van der Waals surface area contributed by atoms with Crippen molar-refractivity contribution in [2.45, 2.75) is 6.04 Å². The number of benzene rings is 1. The zero-order valence-electron chi connectivity index (χ0n) is 9.83. The molecule has 0 aliphatic carbocycles. The molecule has 1 aliphatic heterocycles. The monoisotopic (exact) mass is 328 g/mol. The molecular weight excluding hydrogens is 316 g/mol. The van der Waals surface area contributed by atoms with E-state index in [4.69, 9.17) is 11.6 Å². The highest BCUT2D eigenvalue weighted by Gasteiger charge is 2.26.